The van der Waals surface area contributed by atoms with Crippen LogP contribution in [0, 0.1) is 10.8 Å². The standard InChI is InChI=1S/C21H45N/c1-10-17-18-22(9)21(15-6,16-7)20(13-4,14-5)19(8,11-2)12-3/h10-18H2,1-9H3. The fourth-order valence-corrected chi connectivity index (χ4v) is 5.69. The Morgan fingerprint density at radius 1 is 0.682 bits per heavy atom. The summed E-state index contributed by atoms with van der Waals surface area (Å²) in [6.45, 7) is 20.7. The van der Waals surface area contributed by atoms with E-state index in [1.807, 2.05) is 0 Å². The average molecular weight is 312 g/mol. The second-order valence-electron chi connectivity index (χ2n) is 7.57. The smallest absolute Gasteiger partial charge is 0.0262 e. The molecule has 0 fully saturated rings. The second kappa shape index (κ2) is 9.30. The van der Waals surface area contributed by atoms with Crippen LogP contribution in [0.4, 0.5) is 0 Å². The van der Waals surface area contributed by atoms with Gasteiger partial charge in [-0.2, -0.15) is 0 Å². The van der Waals surface area contributed by atoms with Crippen molar-refractivity contribution >= 4 is 0 Å². The van der Waals surface area contributed by atoms with Crippen molar-refractivity contribution in [3.63, 3.8) is 0 Å². The molecule has 0 amide bonds. The third kappa shape index (κ3) is 3.40. The first-order chi connectivity index (χ1) is 10.3. The Kier molecular flexibility index (Phi) is 9.29. The van der Waals surface area contributed by atoms with E-state index in [4.69, 9.17) is 0 Å². The molecule has 0 atom stereocenters. The summed E-state index contributed by atoms with van der Waals surface area (Å²) in [5, 5.41) is 0. The van der Waals surface area contributed by atoms with Gasteiger partial charge in [-0.15, -0.1) is 0 Å². The van der Waals surface area contributed by atoms with Crippen LogP contribution in [0.2, 0.25) is 0 Å². The molecule has 0 radical (unpaired) electrons. The topological polar surface area (TPSA) is 3.24 Å². The van der Waals surface area contributed by atoms with E-state index in [0.29, 0.717) is 16.4 Å². The van der Waals surface area contributed by atoms with Crippen LogP contribution in [0.3, 0.4) is 0 Å². The molecule has 0 aromatic carbocycles. The van der Waals surface area contributed by atoms with Gasteiger partial charge in [0.2, 0.25) is 0 Å². The molecule has 0 N–H and O–H groups in total. The molecule has 0 unspecified atom stereocenters. The van der Waals surface area contributed by atoms with E-state index >= 15 is 0 Å². The summed E-state index contributed by atoms with van der Waals surface area (Å²) in [4.78, 5) is 2.74. The second-order valence-corrected chi connectivity index (χ2v) is 7.57. The van der Waals surface area contributed by atoms with Crippen molar-refractivity contribution < 1.29 is 0 Å². The fraction of sp³-hybridized carbons (Fsp3) is 1.00. The van der Waals surface area contributed by atoms with E-state index in [0.717, 1.165) is 0 Å². The molecule has 1 nitrogen and oxygen atoms in total. The van der Waals surface area contributed by atoms with Crippen molar-refractivity contribution in [1.82, 2.24) is 4.90 Å². The molecule has 0 spiro atoms. The lowest BCUT2D eigenvalue weighted by Crippen LogP contribution is -2.63. The van der Waals surface area contributed by atoms with Gasteiger partial charge in [0.15, 0.2) is 0 Å². The largest absolute Gasteiger partial charge is 0.300 e. The highest BCUT2D eigenvalue weighted by Gasteiger charge is 2.57. The monoisotopic (exact) mass is 311 g/mol. The highest BCUT2D eigenvalue weighted by molar-refractivity contribution is 5.09. The average Bonchev–Trinajstić information content (AvgIpc) is 2.57. The zero-order valence-electron chi connectivity index (χ0n) is 17.3. The number of unbranched alkanes of at least 4 members (excludes halogenated alkanes) is 1. The van der Waals surface area contributed by atoms with Crippen LogP contribution in [0.15, 0.2) is 0 Å². The maximum atomic E-state index is 2.74. The first-order valence-electron chi connectivity index (χ1n) is 10.1. The van der Waals surface area contributed by atoms with E-state index in [1.165, 1.54) is 57.9 Å². The van der Waals surface area contributed by atoms with Crippen molar-refractivity contribution in [2.24, 2.45) is 10.8 Å². The molecule has 0 rings (SSSR count). The van der Waals surface area contributed by atoms with E-state index in [-0.39, 0.29) is 0 Å². The van der Waals surface area contributed by atoms with Gasteiger partial charge in [-0.05, 0) is 56.5 Å². The molecule has 22 heavy (non-hydrogen) atoms. The SMILES string of the molecule is CCCCN(C)C(CC)(CC)C(CC)(CC)C(C)(CC)CC. The molecule has 0 aliphatic rings. The summed E-state index contributed by atoms with van der Waals surface area (Å²) in [6.07, 6.45) is 10.3. The van der Waals surface area contributed by atoms with Gasteiger partial charge in [0.25, 0.3) is 0 Å². The molecule has 0 bridgehead atoms. The zero-order valence-corrected chi connectivity index (χ0v) is 17.3. The van der Waals surface area contributed by atoms with Crippen LogP contribution >= 0.6 is 0 Å². The molecule has 134 valence electrons. The van der Waals surface area contributed by atoms with Crippen LogP contribution in [-0.4, -0.2) is 24.0 Å². The molecular weight excluding hydrogens is 266 g/mol. The Morgan fingerprint density at radius 3 is 1.41 bits per heavy atom. The molecule has 0 aliphatic heterocycles. The quantitative estimate of drug-likeness (QED) is 0.378. The molecule has 0 aromatic rings. The number of hydrogen-bond acceptors (Lipinski definition) is 1. The van der Waals surface area contributed by atoms with Gasteiger partial charge < -0.3 is 4.90 Å². The van der Waals surface area contributed by atoms with Gasteiger partial charge in [-0.25, -0.2) is 0 Å². The van der Waals surface area contributed by atoms with Gasteiger partial charge in [-0.3, -0.25) is 0 Å². The Balaban J connectivity index is 6.10. The molecule has 0 saturated carbocycles. The Labute approximate surface area is 142 Å². The predicted octanol–water partition coefficient (Wildman–Crippen LogP) is 6.91. The number of hydrogen-bond donors (Lipinski definition) is 0. The van der Waals surface area contributed by atoms with Crippen LogP contribution in [0.25, 0.3) is 0 Å². The first-order valence-corrected chi connectivity index (χ1v) is 10.1. The summed E-state index contributed by atoms with van der Waals surface area (Å²) in [5.74, 6) is 0. The van der Waals surface area contributed by atoms with Crippen molar-refractivity contribution in [2.45, 2.75) is 112 Å². The minimum Gasteiger partial charge on any atom is -0.300 e. The molecule has 0 heterocycles. The van der Waals surface area contributed by atoms with Crippen molar-refractivity contribution in [3.8, 4) is 0 Å². The lowest BCUT2D eigenvalue weighted by molar-refractivity contribution is -0.121. The molecule has 0 aromatic heterocycles. The summed E-state index contributed by atoms with van der Waals surface area (Å²) in [6, 6.07) is 0. The summed E-state index contributed by atoms with van der Waals surface area (Å²) < 4.78 is 0. The van der Waals surface area contributed by atoms with Crippen LogP contribution in [-0.2, 0) is 0 Å². The van der Waals surface area contributed by atoms with Crippen molar-refractivity contribution in [3.05, 3.63) is 0 Å². The molecule has 0 saturated heterocycles. The molecular formula is C21H45N. The summed E-state index contributed by atoms with van der Waals surface area (Å²) in [5.41, 5.74) is 1.14. The maximum absolute atomic E-state index is 2.74. The third-order valence-electron chi connectivity index (χ3n) is 7.56. The van der Waals surface area contributed by atoms with Gasteiger partial charge in [0.1, 0.15) is 0 Å². The van der Waals surface area contributed by atoms with Crippen molar-refractivity contribution in [1.29, 1.82) is 0 Å². The third-order valence-corrected chi connectivity index (χ3v) is 7.56. The van der Waals surface area contributed by atoms with Crippen LogP contribution in [0.5, 0.6) is 0 Å². The van der Waals surface area contributed by atoms with Crippen LogP contribution in [0.1, 0.15) is 107 Å². The molecule has 0 aliphatic carbocycles. The van der Waals surface area contributed by atoms with E-state index < -0.39 is 0 Å². The normalized spacial score (nSPS) is 13.9. The zero-order chi connectivity index (χ0) is 17.4. The number of nitrogens with zero attached hydrogens (tertiary/aromatic N) is 1. The number of rotatable bonds is 12. The maximum Gasteiger partial charge on any atom is 0.0262 e. The predicted molar refractivity (Wildman–Crippen MR) is 103 cm³/mol. The summed E-state index contributed by atoms with van der Waals surface area (Å²) in [7, 11) is 2.40. The van der Waals surface area contributed by atoms with Gasteiger partial charge in [0, 0.05) is 5.54 Å². The van der Waals surface area contributed by atoms with Gasteiger partial charge >= 0.3 is 0 Å². The first kappa shape index (κ1) is 22.0. The van der Waals surface area contributed by atoms with E-state index in [2.05, 4.69) is 67.3 Å². The Morgan fingerprint density at radius 2 is 1.14 bits per heavy atom. The highest BCUT2D eigenvalue weighted by atomic mass is 15.2. The lowest BCUT2D eigenvalue weighted by Gasteiger charge is -2.63. The van der Waals surface area contributed by atoms with Crippen molar-refractivity contribution in [2.75, 3.05) is 13.6 Å². The van der Waals surface area contributed by atoms with E-state index in [9.17, 15) is 0 Å². The summed E-state index contributed by atoms with van der Waals surface area (Å²) >= 11 is 0. The highest BCUT2D eigenvalue weighted by Crippen LogP contribution is 2.59. The minimum atomic E-state index is 0.326. The molecule has 1 heteroatoms. The fourth-order valence-electron chi connectivity index (χ4n) is 5.69. The van der Waals surface area contributed by atoms with Gasteiger partial charge in [0.05, 0.1) is 0 Å². The Bertz CT molecular complexity index is 282. The minimum absolute atomic E-state index is 0.326. The van der Waals surface area contributed by atoms with E-state index in [1.54, 1.807) is 0 Å². The lowest BCUT2D eigenvalue weighted by atomic mass is 9.48. The Hall–Kier alpha value is -0.0400. The van der Waals surface area contributed by atoms with Gasteiger partial charge in [-0.1, -0.05) is 74.7 Å². The van der Waals surface area contributed by atoms with Crippen LogP contribution < -0.4 is 0 Å².